The predicted octanol–water partition coefficient (Wildman–Crippen LogP) is 3.39. The lowest BCUT2D eigenvalue weighted by Crippen LogP contribution is -2.22. The third-order valence-corrected chi connectivity index (χ3v) is 3.71. The third-order valence-electron chi connectivity index (χ3n) is 2.54. The van der Waals surface area contributed by atoms with Gasteiger partial charge in [0.05, 0.1) is 0 Å². The Morgan fingerprint density at radius 3 is 2.69 bits per heavy atom. The molecule has 0 spiro atoms. The number of hydrogen-bond acceptors (Lipinski definition) is 2. The van der Waals surface area contributed by atoms with Crippen LogP contribution in [0.15, 0.2) is 17.5 Å². The van der Waals surface area contributed by atoms with Crippen LogP contribution in [0.3, 0.4) is 0 Å². The molecule has 1 aromatic rings. The molecule has 1 rings (SSSR count). The highest BCUT2D eigenvalue weighted by Gasteiger charge is 2.26. The van der Waals surface area contributed by atoms with Gasteiger partial charge in [-0.2, -0.15) is 0 Å². The molecule has 0 bridgehead atoms. The second-order valence-corrected chi connectivity index (χ2v) is 4.72. The van der Waals surface area contributed by atoms with Gasteiger partial charge in [0, 0.05) is 16.7 Å². The van der Waals surface area contributed by atoms with Gasteiger partial charge in [-0.1, -0.05) is 19.9 Å². The summed E-state index contributed by atoms with van der Waals surface area (Å²) in [5.41, 5.74) is 0.0556. The second-order valence-electron chi connectivity index (χ2n) is 3.77. The van der Waals surface area contributed by atoms with E-state index in [2.05, 4.69) is 25.3 Å². The lowest BCUT2D eigenvalue weighted by molar-refractivity contribution is -0.118. The number of carbonyl (C=O) groups excluding carboxylic acids is 1. The maximum atomic E-state index is 11.1. The normalized spacial score (nSPS) is 15.3. The smallest absolute Gasteiger partial charge is 0.130 e. The molecule has 0 saturated heterocycles. The van der Waals surface area contributed by atoms with Crippen LogP contribution in [0.5, 0.6) is 0 Å². The van der Waals surface area contributed by atoms with Crippen LogP contribution in [0.4, 0.5) is 0 Å². The van der Waals surface area contributed by atoms with Crippen LogP contribution in [0.2, 0.25) is 0 Å². The Balaban J connectivity index is 2.87. The largest absolute Gasteiger partial charge is 0.300 e. The van der Waals surface area contributed by atoms with E-state index in [-0.39, 0.29) is 11.2 Å². The Morgan fingerprint density at radius 1 is 1.62 bits per heavy atom. The van der Waals surface area contributed by atoms with Gasteiger partial charge in [-0.15, -0.1) is 11.3 Å². The van der Waals surface area contributed by atoms with Gasteiger partial charge in [-0.25, -0.2) is 0 Å². The van der Waals surface area contributed by atoms with Crippen LogP contribution < -0.4 is 0 Å². The van der Waals surface area contributed by atoms with E-state index in [9.17, 15) is 4.79 Å². The van der Waals surface area contributed by atoms with Crippen LogP contribution in [0, 0.1) is 0 Å². The van der Waals surface area contributed by atoms with Gasteiger partial charge in [0.2, 0.25) is 0 Å². The summed E-state index contributed by atoms with van der Waals surface area (Å²) in [6, 6.07) is 4.17. The van der Waals surface area contributed by atoms with E-state index >= 15 is 0 Å². The van der Waals surface area contributed by atoms with Crippen molar-refractivity contribution in [2.24, 2.45) is 0 Å². The molecule has 0 aliphatic carbocycles. The Hall–Kier alpha value is -0.630. The van der Waals surface area contributed by atoms with Crippen molar-refractivity contribution in [2.45, 2.75) is 39.0 Å². The number of ketones is 1. The SMILES string of the molecule is CC[C@@](C)(CC(C)=O)c1cccs1. The fraction of sp³-hybridized carbons (Fsp3) is 0.545. The molecule has 1 heterocycles. The molecule has 0 saturated carbocycles. The van der Waals surface area contributed by atoms with Crippen molar-refractivity contribution >= 4 is 17.1 Å². The minimum Gasteiger partial charge on any atom is -0.300 e. The molecule has 1 aromatic heterocycles. The molecular formula is C11H16OS. The van der Waals surface area contributed by atoms with E-state index in [0.29, 0.717) is 6.42 Å². The fourth-order valence-corrected chi connectivity index (χ4v) is 2.52. The number of carbonyl (C=O) groups is 1. The molecule has 13 heavy (non-hydrogen) atoms. The summed E-state index contributed by atoms with van der Waals surface area (Å²) in [5, 5.41) is 2.07. The van der Waals surface area contributed by atoms with Crippen molar-refractivity contribution in [3.8, 4) is 0 Å². The summed E-state index contributed by atoms with van der Waals surface area (Å²) in [6.07, 6.45) is 1.68. The van der Waals surface area contributed by atoms with Crippen molar-refractivity contribution < 1.29 is 4.79 Å². The summed E-state index contributed by atoms with van der Waals surface area (Å²) in [5.74, 6) is 0.276. The first-order valence-corrected chi connectivity index (χ1v) is 5.50. The second kappa shape index (κ2) is 4.05. The molecule has 2 heteroatoms. The average molecular weight is 196 g/mol. The summed E-state index contributed by atoms with van der Waals surface area (Å²) < 4.78 is 0. The molecule has 0 aromatic carbocycles. The average Bonchev–Trinajstić information content (AvgIpc) is 2.55. The summed E-state index contributed by atoms with van der Waals surface area (Å²) in [4.78, 5) is 12.4. The van der Waals surface area contributed by atoms with Gasteiger partial charge in [0.15, 0.2) is 0 Å². The zero-order chi connectivity index (χ0) is 9.90. The van der Waals surface area contributed by atoms with Crippen LogP contribution in [0.1, 0.15) is 38.5 Å². The molecule has 0 fully saturated rings. The van der Waals surface area contributed by atoms with E-state index in [4.69, 9.17) is 0 Å². The number of Topliss-reactive ketones (excluding diaryl/α,β-unsaturated/α-hetero) is 1. The quantitative estimate of drug-likeness (QED) is 0.721. The van der Waals surface area contributed by atoms with Gasteiger partial charge in [-0.3, -0.25) is 4.79 Å². The zero-order valence-electron chi connectivity index (χ0n) is 8.46. The van der Waals surface area contributed by atoms with Crippen molar-refractivity contribution in [1.29, 1.82) is 0 Å². The standard InChI is InChI=1S/C11H16OS/c1-4-11(3,8-9(2)12)10-6-5-7-13-10/h5-7H,4,8H2,1-3H3/t11-/m0/s1. The number of thiophene rings is 1. The Labute approximate surface area is 83.8 Å². The third kappa shape index (κ3) is 2.41. The van der Waals surface area contributed by atoms with E-state index in [1.54, 1.807) is 18.3 Å². The maximum absolute atomic E-state index is 11.1. The Kier molecular flexibility index (Phi) is 3.26. The highest BCUT2D eigenvalue weighted by Crippen LogP contribution is 2.34. The van der Waals surface area contributed by atoms with Crippen molar-refractivity contribution in [3.05, 3.63) is 22.4 Å². The maximum Gasteiger partial charge on any atom is 0.130 e. The highest BCUT2D eigenvalue weighted by molar-refractivity contribution is 7.10. The van der Waals surface area contributed by atoms with E-state index < -0.39 is 0 Å². The van der Waals surface area contributed by atoms with Crippen molar-refractivity contribution in [3.63, 3.8) is 0 Å². The molecule has 1 atom stereocenters. The molecule has 0 aliphatic heterocycles. The monoisotopic (exact) mass is 196 g/mol. The van der Waals surface area contributed by atoms with Gasteiger partial charge in [-0.05, 0) is 24.8 Å². The molecule has 0 N–H and O–H groups in total. The van der Waals surface area contributed by atoms with E-state index in [1.807, 2.05) is 6.07 Å². The van der Waals surface area contributed by atoms with Gasteiger partial charge < -0.3 is 0 Å². The summed E-state index contributed by atoms with van der Waals surface area (Å²) in [7, 11) is 0. The van der Waals surface area contributed by atoms with Crippen LogP contribution >= 0.6 is 11.3 Å². The Bertz CT molecular complexity index is 276. The fourth-order valence-electron chi connectivity index (χ4n) is 1.56. The van der Waals surface area contributed by atoms with Crippen LogP contribution in [-0.2, 0) is 10.2 Å². The first-order chi connectivity index (χ1) is 6.08. The topological polar surface area (TPSA) is 17.1 Å². The molecule has 0 radical (unpaired) electrons. The Morgan fingerprint density at radius 2 is 2.31 bits per heavy atom. The van der Waals surface area contributed by atoms with Gasteiger partial charge in [0.25, 0.3) is 0 Å². The van der Waals surface area contributed by atoms with Gasteiger partial charge in [0.1, 0.15) is 5.78 Å². The van der Waals surface area contributed by atoms with E-state index in [0.717, 1.165) is 6.42 Å². The predicted molar refractivity (Wildman–Crippen MR) is 57.3 cm³/mol. The summed E-state index contributed by atoms with van der Waals surface area (Å²) in [6.45, 7) is 5.98. The van der Waals surface area contributed by atoms with Crippen molar-refractivity contribution in [2.75, 3.05) is 0 Å². The lowest BCUT2D eigenvalue weighted by atomic mass is 9.81. The molecule has 0 aliphatic rings. The molecular weight excluding hydrogens is 180 g/mol. The molecule has 1 nitrogen and oxygen atoms in total. The van der Waals surface area contributed by atoms with E-state index in [1.165, 1.54) is 4.88 Å². The number of rotatable bonds is 4. The molecule has 72 valence electrons. The van der Waals surface area contributed by atoms with Crippen molar-refractivity contribution in [1.82, 2.24) is 0 Å². The minimum absolute atomic E-state index is 0.0556. The molecule has 0 unspecified atom stereocenters. The number of hydrogen-bond donors (Lipinski definition) is 0. The highest BCUT2D eigenvalue weighted by atomic mass is 32.1. The van der Waals surface area contributed by atoms with Crippen LogP contribution in [-0.4, -0.2) is 5.78 Å². The lowest BCUT2D eigenvalue weighted by Gasteiger charge is -2.25. The first kappa shape index (κ1) is 10.5. The van der Waals surface area contributed by atoms with Gasteiger partial charge >= 0.3 is 0 Å². The first-order valence-electron chi connectivity index (χ1n) is 4.62. The molecule has 0 amide bonds. The minimum atomic E-state index is 0.0556. The zero-order valence-corrected chi connectivity index (χ0v) is 9.28. The van der Waals surface area contributed by atoms with Crippen LogP contribution in [0.25, 0.3) is 0 Å². The summed E-state index contributed by atoms with van der Waals surface area (Å²) >= 11 is 1.74.